The Balaban J connectivity index is 1.81. The van der Waals surface area contributed by atoms with Crippen LogP contribution in [0.3, 0.4) is 0 Å². The van der Waals surface area contributed by atoms with Crippen molar-refractivity contribution in [1.29, 1.82) is 0 Å². The normalized spacial score (nSPS) is 12.4. The highest BCUT2D eigenvalue weighted by Crippen LogP contribution is 2.35. The molecule has 2 heterocycles. The van der Waals surface area contributed by atoms with Crippen molar-refractivity contribution in [1.82, 2.24) is 9.55 Å². The largest absolute Gasteiger partial charge is 0.493 e. The molecule has 1 aliphatic heterocycles. The standard InChI is InChI=1S/C18H17N3O4S/c1-22-14-6-11-12(7-15(14)23-2)20-18(26)21(17(11)19)8-10-3-4-13-16(5-10)25-9-24-13/h3-7H,8-9,19H2,1-2H3. The summed E-state index contributed by atoms with van der Waals surface area (Å²) in [5, 5.41) is 0.747. The predicted octanol–water partition coefficient (Wildman–Crippen LogP) is 3.14. The van der Waals surface area contributed by atoms with Crippen molar-refractivity contribution in [2.75, 3.05) is 26.7 Å². The van der Waals surface area contributed by atoms with E-state index in [4.69, 9.17) is 36.9 Å². The smallest absolute Gasteiger partial charge is 0.231 e. The molecule has 4 rings (SSSR count). The van der Waals surface area contributed by atoms with Gasteiger partial charge in [0, 0.05) is 11.5 Å². The Kier molecular flexibility index (Phi) is 4.04. The van der Waals surface area contributed by atoms with Crippen LogP contribution in [0.2, 0.25) is 0 Å². The van der Waals surface area contributed by atoms with Gasteiger partial charge in [-0.05, 0) is 36.0 Å². The van der Waals surface area contributed by atoms with Crippen molar-refractivity contribution in [2.24, 2.45) is 0 Å². The molecule has 0 atom stereocenters. The third kappa shape index (κ3) is 2.68. The van der Waals surface area contributed by atoms with Crippen LogP contribution in [-0.2, 0) is 6.54 Å². The van der Waals surface area contributed by atoms with Gasteiger partial charge in [0.05, 0.1) is 26.3 Å². The topological polar surface area (TPSA) is 80.8 Å². The molecule has 134 valence electrons. The number of nitrogen functional groups attached to an aromatic ring is 1. The van der Waals surface area contributed by atoms with E-state index >= 15 is 0 Å². The summed E-state index contributed by atoms with van der Waals surface area (Å²) in [7, 11) is 3.15. The van der Waals surface area contributed by atoms with Crippen LogP contribution in [0, 0.1) is 4.77 Å². The number of hydrogen-bond acceptors (Lipinski definition) is 7. The van der Waals surface area contributed by atoms with Crippen molar-refractivity contribution in [2.45, 2.75) is 6.54 Å². The molecule has 7 nitrogen and oxygen atoms in total. The lowest BCUT2D eigenvalue weighted by Crippen LogP contribution is -2.10. The van der Waals surface area contributed by atoms with E-state index < -0.39 is 0 Å². The van der Waals surface area contributed by atoms with E-state index in [0.29, 0.717) is 39.9 Å². The average molecular weight is 371 g/mol. The molecule has 0 unspecified atom stereocenters. The Morgan fingerprint density at radius 2 is 1.85 bits per heavy atom. The number of nitrogens with zero attached hydrogens (tertiary/aromatic N) is 2. The molecule has 0 fully saturated rings. The molecule has 0 saturated heterocycles. The molecular formula is C18H17N3O4S. The number of rotatable bonds is 4. The fraction of sp³-hybridized carbons (Fsp3) is 0.222. The van der Waals surface area contributed by atoms with Crippen LogP contribution in [0.5, 0.6) is 23.0 Å². The second-order valence-corrected chi connectivity index (χ2v) is 6.14. The lowest BCUT2D eigenvalue weighted by molar-refractivity contribution is 0.174. The van der Waals surface area contributed by atoms with Crippen LogP contribution in [-0.4, -0.2) is 30.6 Å². The number of anilines is 1. The number of methoxy groups -OCH3 is 2. The minimum Gasteiger partial charge on any atom is -0.493 e. The summed E-state index contributed by atoms with van der Waals surface area (Å²) in [5.74, 6) is 3.13. The molecule has 2 aromatic carbocycles. The second-order valence-electron chi connectivity index (χ2n) is 5.78. The first-order valence-corrected chi connectivity index (χ1v) is 8.32. The van der Waals surface area contributed by atoms with Gasteiger partial charge < -0.3 is 24.7 Å². The first-order valence-electron chi connectivity index (χ1n) is 7.91. The van der Waals surface area contributed by atoms with E-state index in [1.54, 1.807) is 30.9 Å². The zero-order valence-electron chi connectivity index (χ0n) is 14.3. The summed E-state index contributed by atoms with van der Waals surface area (Å²) in [5.41, 5.74) is 8.04. The lowest BCUT2D eigenvalue weighted by Gasteiger charge is -2.15. The highest BCUT2D eigenvalue weighted by atomic mass is 32.1. The van der Waals surface area contributed by atoms with Crippen LogP contribution < -0.4 is 24.7 Å². The summed E-state index contributed by atoms with van der Waals surface area (Å²) in [6.07, 6.45) is 0. The van der Waals surface area contributed by atoms with E-state index in [2.05, 4.69) is 4.98 Å². The number of fused-ring (bicyclic) bond motifs is 2. The first-order chi connectivity index (χ1) is 12.6. The van der Waals surface area contributed by atoms with Crippen molar-refractivity contribution < 1.29 is 18.9 Å². The van der Waals surface area contributed by atoms with Gasteiger partial charge in [-0.1, -0.05) is 6.07 Å². The highest BCUT2D eigenvalue weighted by molar-refractivity contribution is 7.71. The van der Waals surface area contributed by atoms with E-state index in [-0.39, 0.29) is 6.79 Å². The van der Waals surface area contributed by atoms with Gasteiger partial charge in [-0.25, -0.2) is 4.98 Å². The van der Waals surface area contributed by atoms with Gasteiger partial charge in [-0.2, -0.15) is 0 Å². The maximum atomic E-state index is 6.40. The maximum Gasteiger partial charge on any atom is 0.231 e. The van der Waals surface area contributed by atoms with Gasteiger partial charge in [0.25, 0.3) is 0 Å². The van der Waals surface area contributed by atoms with Crippen molar-refractivity contribution in [3.63, 3.8) is 0 Å². The quantitative estimate of drug-likeness (QED) is 0.706. The van der Waals surface area contributed by atoms with Crippen LogP contribution in [0.25, 0.3) is 10.9 Å². The van der Waals surface area contributed by atoms with Gasteiger partial charge in [-0.3, -0.25) is 4.57 Å². The summed E-state index contributed by atoms with van der Waals surface area (Å²) in [4.78, 5) is 4.50. The zero-order chi connectivity index (χ0) is 18.3. The number of benzene rings is 2. The summed E-state index contributed by atoms with van der Waals surface area (Å²) in [6, 6.07) is 9.32. The minimum atomic E-state index is 0.236. The SMILES string of the molecule is COc1cc2nc(=S)n(Cc3ccc4c(c3)OCO4)c(N)c2cc1OC. The summed E-state index contributed by atoms with van der Waals surface area (Å²) < 4.78 is 23.6. The predicted molar refractivity (Wildman–Crippen MR) is 99.8 cm³/mol. The fourth-order valence-corrected chi connectivity index (χ4v) is 3.21. The molecule has 0 saturated carbocycles. The molecular weight excluding hydrogens is 354 g/mol. The molecule has 0 aliphatic carbocycles. The van der Waals surface area contributed by atoms with E-state index in [1.807, 2.05) is 18.2 Å². The Morgan fingerprint density at radius 3 is 2.62 bits per heavy atom. The summed E-state index contributed by atoms with van der Waals surface area (Å²) in [6.45, 7) is 0.706. The molecule has 26 heavy (non-hydrogen) atoms. The Bertz CT molecular complexity index is 1060. The lowest BCUT2D eigenvalue weighted by atomic mass is 10.1. The number of aromatic nitrogens is 2. The average Bonchev–Trinajstić information content (AvgIpc) is 3.12. The van der Waals surface area contributed by atoms with Crippen LogP contribution >= 0.6 is 12.2 Å². The second kappa shape index (κ2) is 6.38. The van der Waals surface area contributed by atoms with Crippen LogP contribution in [0.1, 0.15) is 5.56 Å². The number of ether oxygens (including phenoxy) is 4. The molecule has 2 N–H and O–H groups in total. The number of nitrogens with two attached hydrogens (primary N) is 1. The molecule has 0 bridgehead atoms. The van der Waals surface area contributed by atoms with Crippen molar-refractivity contribution in [3.05, 3.63) is 40.7 Å². The fourth-order valence-electron chi connectivity index (χ4n) is 2.95. The Labute approximate surface area is 154 Å². The minimum absolute atomic E-state index is 0.236. The number of hydrogen-bond donors (Lipinski definition) is 1. The molecule has 0 amide bonds. The van der Waals surface area contributed by atoms with Gasteiger partial charge in [0.15, 0.2) is 23.0 Å². The van der Waals surface area contributed by atoms with Crippen molar-refractivity contribution >= 4 is 28.9 Å². The van der Waals surface area contributed by atoms with Crippen molar-refractivity contribution in [3.8, 4) is 23.0 Å². The van der Waals surface area contributed by atoms with Gasteiger partial charge in [0.1, 0.15) is 5.82 Å². The summed E-state index contributed by atoms with van der Waals surface area (Å²) >= 11 is 5.45. The molecule has 0 radical (unpaired) electrons. The molecule has 0 spiro atoms. The van der Waals surface area contributed by atoms with E-state index in [0.717, 1.165) is 16.7 Å². The van der Waals surface area contributed by atoms with Gasteiger partial charge in [0.2, 0.25) is 11.6 Å². The van der Waals surface area contributed by atoms with E-state index in [9.17, 15) is 0 Å². The molecule has 3 aromatic rings. The molecule has 1 aliphatic rings. The zero-order valence-corrected chi connectivity index (χ0v) is 15.1. The third-order valence-electron chi connectivity index (χ3n) is 4.29. The Morgan fingerprint density at radius 1 is 1.12 bits per heavy atom. The van der Waals surface area contributed by atoms with Gasteiger partial charge >= 0.3 is 0 Å². The first kappa shape index (κ1) is 16.5. The van der Waals surface area contributed by atoms with Crippen LogP contribution in [0.4, 0.5) is 5.82 Å². The molecule has 1 aromatic heterocycles. The monoisotopic (exact) mass is 371 g/mol. The maximum absolute atomic E-state index is 6.40. The molecule has 8 heteroatoms. The highest BCUT2D eigenvalue weighted by Gasteiger charge is 2.16. The van der Waals surface area contributed by atoms with Gasteiger partial charge in [-0.15, -0.1) is 0 Å². The Hall–Kier alpha value is -3.00. The third-order valence-corrected chi connectivity index (χ3v) is 4.60. The van der Waals surface area contributed by atoms with Crippen LogP contribution in [0.15, 0.2) is 30.3 Å². The van der Waals surface area contributed by atoms with E-state index in [1.165, 1.54) is 0 Å².